The highest BCUT2D eigenvalue weighted by molar-refractivity contribution is 8.00. The zero-order valence-corrected chi connectivity index (χ0v) is 19.3. The number of ether oxygens (including phenoxy) is 1. The first-order valence-corrected chi connectivity index (χ1v) is 12.7. The number of hydrogen-bond acceptors (Lipinski definition) is 7. The number of thiophene rings is 1. The summed E-state index contributed by atoms with van der Waals surface area (Å²) < 4.78 is 34.3. The number of aromatic nitrogens is 2. The van der Waals surface area contributed by atoms with Crippen molar-refractivity contribution in [2.75, 3.05) is 10.7 Å². The molecule has 0 radical (unpaired) electrons. The van der Waals surface area contributed by atoms with E-state index in [2.05, 4.69) is 14.7 Å². The largest absolute Gasteiger partial charge is 0.483 e. The van der Waals surface area contributed by atoms with Crippen LogP contribution in [0.1, 0.15) is 5.56 Å². The Balaban J connectivity index is 1.62. The van der Waals surface area contributed by atoms with Gasteiger partial charge in [0.05, 0.1) is 10.9 Å². The molecule has 31 heavy (non-hydrogen) atoms. The molecule has 2 N–H and O–H groups in total. The molecule has 0 amide bonds. The molecule has 0 aliphatic heterocycles. The Morgan fingerprint density at radius 3 is 2.77 bits per heavy atom. The van der Waals surface area contributed by atoms with E-state index in [4.69, 9.17) is 16.3 Å². The number of aromatic amines is 1. The maximum atomic E-state index is 13.1. The summed E-state index contributed by atoms with van der Waals surface area (Å²) in [5.74, 6) is 0.698. The summed E-state index contributed by atoms with van der Waals surface area (Å²) in [4.78, 5) is 19.2. The van der Waals surface area contributed by atoms with Crippen LogP contribution in [0.15, 0.2) is 67.8 Å². The van der Waals surface area contributed by atoms with Gasteiger partial charge in [-0.05, 0) is 36.8 Å². The number of benzene rings is 2. The van der Waals surface area contributed by atoms with E-state index in [0.717, 1.165) is 0 Å². The Morgan fingerprint density at radius 2 is 2.00 bits per heavy atom. The van der Waals surface area contributed by atoms with E-state index in [1.807, 2.05) is 30.3 Å². The summed E-state index contributed by atoms with van der Waals surface area (Å²) in [6, 6.07) is 12.3. The fraction of sp³-hybridized carbons (Fsp3) is 0.100. The average Bonchev–Trinajstić information content (AvgIpc) is 3.20. The maximum absolute atomic E-state index is 13.1. The summed E-state index contributed by atoms with van der Waals surface area (Å²) >= 11 is 8.74. The van der Waals surface area contributed by atoms with E-state index in [0.29, 0.717) is 32.1 Å². The molecule has 2 aromatic heterocycles. The standard InChI is InChI=1S/C20H16ClN3O4S3/c1-12-7-18(17(8-15(12)21)30-11-28-13-5-3-2-4-6-13)31(26,27)24-20-22-16-10-29-9-14(16)19(25)23-20/h2-10H,11H2,1H3,(H2,22,23,24,25). The van der Waals surface area contributed by atoms with Crippen molar-refractivity contribution in [2.45, 2.75) is 16.7 Å². The van der Waals surface area contributed by atoms with Gasteiger partial charge in [-0.1, -0.05) is 41.6 Å². The summed E-state index contributed by atoms with van der Waals surface area (Å²) in [5, 5.41) is 4.18. The summed E-state index contributed by atoms with van der Waals surface area (Å²) in [7, 11) is -4.06. The molecule has 0 unspecified atom stereocenters. The number of nitrogens with zero attached hydrogens (tertiary/aromatic N) is 1. The second kappa shape index (κ2) is 8.91. The minimum Gasteiger partial charge on any atom is -0.483 e. The lowest BCUT2D eigenvalue weighted by Gasteiger charge is -2.14. The molecule has 4 rings (SSSR count). The number of sulfonamides is 1. The lowest BCUT2D eigenvalue weighted by molar-refractivity contribution is 0.393. The molecule has 0 fully saturated rings. The number of halogens is 1. The van der Waals surface area contributed by atoms with Crippen LogP contribution in [0.4, 0.5) is 5.95 Å². The Labute approximate surface area is 191 Å². The van der Waals surface area contributed by atoms with Crippen LogP contribution in [0, 0.1) is 6.92 Å². The van der Waals surface area contributed by atoms with E-state index in [1.54, 1.807) is 23.8 Å². The van der Waals surface area contributed by atoms with Crippen molar-refractivity contribution in [3.8, 4) is 5.75 Å². The van der Waals surface area contributed by atoms with Gasteiger partial charge in [-0.25, -0.2) is 18.1 Å². The van der Waals surface area contributed by atoms with Crippen LogP contribution in [0.25, 0.3) is 10.9 Å². The molecule has 160 valence electrons. The van der Waals surface area contributed by atoms with Crippen molar-refractivity contribution < 1.29 is 13.2 Å². The highest BCUT2D eigenvalue weighted by Crippen LogP contribution is 2.33. The Hall–Kier alpha value is -2.53. The monoisotopic (exact) mass is 493 g/mol. The van der Waals surface area contributed by atoms with Crippen molar-refractivity contribution in [1.29, 1.82) is 0 Å². The van der Waals surface area contributed by atoms with Crippen LogP contribution >= 0.6 is 34.7 Å². The van der Waals surface area contributed by atoms with Gasteiger partial charge in [-0.3, -0.25) is 9.78 Å². The number of hydrogen-bond donors (Lipinski definition) is 2. The van der Waals surface area contributed by atoms with Crippen LogP contribution in [0.3, 0.4) is 0 Å². The molecule has 0 saturated heterocycles. The van der Waals surface area contributed by atoms with E-state index in [9.17, 15) is 13.2 Å². The second-order valence-corrected chi connectivity index (χ2v) is 10.2. The minimum atomic E-state index is -4.06. The molecule has 2 aromatic carbocycles. The predicted molar refractivity (Wildman–Crippen MR) is 125 cm³/mol. The number of thioether (sulfide) groups is 1. The number of aryl methyl sites for hydroxylation is 1. The number of nitrogens with one attached hydrogen (secondary N) is 2. The third-order valence-corrected chi connectivity index (χ3v) is 7.81. The minimum absolute atomic E-state index is 0.0177. The molecule has 0 saturated carbocycles. The fourth-order valence-corrected chi connectivity index (χ4v) is 6.05. The van der Waals surface area contributed by atoms with Crippen LogP contribution in [0.2, 0.25) is 5.02 Å². The molecular formula is C20H16ClN3O4S3. The molecule has 2 heterocycles. The van der Waals surface area contributed by atoms with E-state index in [-0.39, 0.29) is 16.8 Å². The van der Waals surface area contributed by atoms with Gasteiger partial charge in [0, 0.05) is 20.7 Å². The molecule has 0 atom stereocenters. The van der Waals surface area contributed by atoms with Gasteiger partial charge >= 0.3 is 0 Å². The SMILES string of the molecule is Cc1cc(S(=O)(=O)Nc2nc3cscc3c(=O)[nH]2)c(SCOc2ccccc2)cc1Cl. The zero-order valence-electron chi connectivity index (χ0n) is 16.1. The van der Waals surface area contributed by atoms with Gasteiger partial charge in [0.25, 0.3) is 15.6 Å². The number of fused-ring (bicyclic) bond motifs is 1. The fourth-order valence-electron chi connectivity index (χ4n) is 2.74. The smallest absolute Gasteiger partial charge is 0.265 e. The van der Waals surface area contributed by atoms with Crippen molar-refractivity contribution in [3.63, 3.8) is 0 Å². The number of anilines is 1. The Morgan fingerprint density at radius 1 is 1.23 bits per heavy atom. The Bertz CT molecular complexity index is 1400. The Kier molecular flexibility index (Phi) is 6.24. The third kappa shape index (κ3) is 4.87. The van der Waals surface area contributed by atoms with Crippen LogP contribution < -0.4 is 15.0 Å². The average molecular weight is 494 g/mol. The first kappa shape index (κ1) is 21.7. The van der Waals surface area contributed by atoms with Crippen molar-refractivity contribution >= 4 is 61.6 Å². The summed E-state index contributed by atoms with van der Waals surface area (Å²) in [6.45, 7) is 1.72. The lowest BCUT2D eigenvalue weighted by Crippen LogP contribution is -2.19. The lowest BCUT2D eigenvalue weighted by atomic mass is 10.2. The van der Waals surface area contributed by atoms with Gasteiger partial charge in [-0.15, -0.1) is 11.3 Å². The van der Waals surface area contributed by atoms with Crippen molar-refractivity contribution in [1.82, 2.24) is 9.97 Å². The van der Waals surface area contributed by atoms with Gasteiger partial charge < -0.3 is 4.74 Å². The number of H-pyrrole nitrogens is 1. The molecule has 11 heteroatoms. The normalized spacial score (nSPS) is 11.5. The molecule has 4 aromatic rings. The van der Waals surface area contributed by atoms with Gasteiger partial charge in [-0.2, -0.15) is 0 Å². The van der Waals surface area contributed by atoms with E-state index < -0.39 is 15.6 Å². The second-order valence-electron chi connectivity index (χ2n) is 6.46. The summed E-state index contributed by atoms with van der Waals surface area (Å²) in [6.07, 6.45) is 0. The maximum Gasteiger partial charge on any atom is 0.265 e. The molecular weight excluding hydrogens is 478 g/mol. The highest BCUT2D eigenvalue weighted by Gasteiger charge is 2.22. The number of rotatable bonds is 7. The summed E-state index contributed by atoms with van der Waals surface area (Å²) in [5.41, 5.74) is 0.608. The van der Waals surface area contributed by atoms with Crippen LogP contribution in [-0.2, 0) is 10.0 Å². The first-order chi connectivity index (χ1) is 14.8. The van der Waals surface area contributed by atoms with E-state index in [1.165, 1.54) is 29.2 Å². The third-order valence-electron chi connectivity index (χ3n) is 4.28. The molecule has 0 bridgehead atoms. The van der Waals surface area contributed by atoms with Gasteiger partial charge in [0.15, 0.2) is 0 Å². The molecule has 7 nitrogen and oxygen atoms in total. The van der Waals surface area contributed by atoms with Crippen LogP contribution in [0.5, 0.6) is 5.75 Å². The molecule has 0 aliphatic rings. The van der Waals surface area contributed by atoms with E-state index >= 15 is 0 Å². The predicted octanol–water partition coefficient (Wildman–Crippen LogP) is 4.88. The highest BCUT2D eigenvalue weighted by atomic mass is 35.5. The van der Waals surface area contributed by atoms with Gasteiger partial charge in [0.2, 0.25) is 5.95 Å². The van der Waals surface area contributed by atoms with Crippen molar-refractivity contribution in [2.24, 2.45) is 0 Å². The topological polar surface area (TPSA) is 101 Å². The molecule has 0 spiro atoms. The quantitative estimate of drug-likeness (QED) is 0.281. The molecule has 0 aliphatic carbocycles. The van der Waals surface area contributed by atoms with Gasteiger partial charge in [0.1, 0.15) is 16.6 Å². The number of para-hydroxylation sites is 1. The van der Waals surface area contributed by atoms with Crippen molar-refractivity contribution in [3.05, 3.63) is 74.2 Å². The first-order valence-electron chi connectivity index (χ1n) is 8.93. The van der Waals surface area contributed by atoms with Crippen LogP contribution in [-0.4, -0.2) is 24.3 Å². The zero-order chi connectivity index (χ0) is 22.0.